The summed E-state index contributed by atoms with van der Waals surface area (Å²) in [4.78, 5) is 29.5. The van der Waals surface area contributed by atoms with Crippen molar-refractivity contribution in [3.05, 3.63) is 64.6 Å². The highest BCUT2D eigenvalue weighted by Gasteiger charge is 2.24. The summed E-state index contributed by atoms with van der Waals surface area (Å²) in [7, 11) is 0. The minimum atomic E-state index is 0.258. The van der Waals surface area contributed by atoms with Gasteiger partial charge in [0, 0.05) is 42.3 Å². The summed E-state index contributed by atoms with van der Waals surface area (Å²) in [6.07, 6.45) is 6.27. The maximum absolute atomic E-state index is 12.8. The number of benzene rings is 1. The fraction of sp³-hybridized carbons (Fsp3) is 0.417. The Morgan fingerprint density at radius 1 is 1.23 bits per heavy atom. The minimum Gasteiger partial charge on any atom is -0.342 e. The summed E-state index contributed by atoms with van der Waals surface area (Å²) in [5, 5.41) is 4.14. The normalized spacial score (nSPS) is 16.3. The predicted molar refractivity (Wildman–Crippen MR) is 125 cm³/mol. The first-order valence-electron chi connectivity index (χ1n) is 10.9. The summed E-state index contributed by atoms with van der Waals surface area (Å²) in [5.41, 5.74) is 2.24. The van der Waals surface area contributed by atoms with Crippen LogP contribution in [0.15, 0.2) is 42.6 Å². The van der Waals surface area contributed by atoms with Gasteiger partial charge in [0.25, 0.3) is 0 Å². The first-order valence-corrected chi connectivity index (χ1v) is 11.7. The molecule has 2 aromatic heterocycles. The average molecular weight is 436 g/mol. The molecule has 0 spiro atoms. The number of hydrogen-bond acceptors (Lipinski definition) is 6. The van der Waals surface area contributed by atoms with Crippen molar-refractivity contribution in [2.24, 2.45) is 5.92 Å². The summed E-state index contributed by atoms with van der Waals surface area (Å²) >= 11 is 1.61. The number of likely N-dealkylation sites (tertiary alicyclic amines) is 1. The molecule has 31 heavy (non-hydrogen) atoms. The van der Waals surface area contributed by atoms with Crippen molar-refractivity contribution in [3.8, 4) is 0 Å². The number of aromatic nitrogens is 3. The predicted octanol–water partition coefficient (Wildman–Crippen LogP) is 4.71. The summed E-state index contributed by atoms with van der Waals surface area (Å²) in [5.74, 6) is 2.22. The van der Waals surface area contributed by atoms with Crippen molar-refractivity contribution in [3.63, 3.8) is 0 Å². The molecule has 1 aliphatic rings. The average Bonchev–Trinajstić information content (AvgIpc) is 3.17. The molecular formula is C24H29N5OS. The second-order valence-electron chi connectivity index (χ2n) is 8.23. The quantitative estimate of drug-likeness (QED) is 0.582. The van der Waals surface area contributed by atoms with Gasteiger partial charge in [0.2, 0.25) is 5.91 Å². The van der Waals surface area contributed by atoms with Crippen LogP contribution in [0.25, 0.3) is 0 Å². The van der Waals surface area contributed by atoms with Gasteiger partial charge in [-0.25, -0.2) is 15.0 Å². The van der Waals surface area contributed by atoms with Gasteiger partial charge in [-0.1, -0.05) is 30.3 Å². The molecule has 3 heterocycles. The Morgan fingerprint density at radius 3 is 2.84 bits per heavy atom. The van der Waals surface area contributed by atoms with E-state index in [0.29, 0.717) is 12.3 Å². The number of nitrogens with zero attached hydrogens (tertiary/aromatic N) is 4. The topological polar surface area (TPSA) is 71.0 Å². The number of amides is 1. The Hall–Kier alpha value is -2.80. The van der Waals surface area contributed by atoms with E-state index >= 15 is 0 Å². The molecule has 1 aromatic carbocycles. The van der Waals surface area contributed by atoms with E-state index in [1.165, 1.54) is 5.56 Å². The molecule has 1 atom stereocenters. The van der Waals surface area contributed by atoms with Crippen LogP contribution in [0.5, 0.6) is 0 Å². The minimum absolute atomic E-state index is 0.258. The van der Waals surface area contributed by atoms with Gasteiger partial charge in [0.05, 0.1) is 0 Å². The maximum atomic E-state index is 12.8. The van der Waals surface area contributed by atoms with E-state index in [9.17, 15) is 4.79 Å². The largest absolute Gasteiger partial charge is 0.342 e. The van der Waals surface area contributed by atoms with E-state index in [0.717, 1.165) is 66.1 Å². The molecule has 1 saturated heterocycles. The summed E-state index contributed by atoms with van der Waals surface area (Å²) in [6, 6.07) is 12.2. The third-order valence-electron chi connectivity index (χ3n) is 5.59. The third kappa shape index (κ3) is 6.10. The lowest BCUT2D eigenvalue weighted by Crippen LogP contribution is -2.40. The first kappa shape index (κ1) is 21.4. The Morgan fingerprint density at radius 2 is 2.06 bits per heavy atom. The van der Waals surface area contributed by atoms with Crippen molar-refractivity contribution in [1.82, 2.24) is 19.9 Å². The molecular weight excluding hydrogens is 406 g/mol. The number of anilines is 2. The van der Waals surface area contributed by atoms with E-state index < -0.39 is 0 Å². The van der Waals surface area contributed by atoms with Crippen LogP contribution in [0, 0.1) is 19.8 Å². The van der Waals surface area contributed by atoms with Crippen molar-refractivity contribution in [2.45, 2.75) is 46.0 Å². The fourth-order valence-electron chi connectivity index (χ4n) is 4.13. The van der Waals surface area contributed by atoms with Gasteiger partial charge in [-0.05, 0) is 51.0 Å². The van der Waals surface area contributed by atoms with Gasteiger partial charge in [0.1, 0.15) is 11.6 Å². The molecule has 4 rings (SSSR count). The second-order valence-corrected chi connectivity index (χ2v) is 9.47. The molecule has 0 bridgehead atoms. The van der Waals surface area contributed by atoms with E-state index in [1.54, 1.807) is 11.3 Å². The van der Waals surface area contributed by atoms with E-state index in [4.69, 9.17) is 0 Å². The van der Waals surface area contributed by atoms with Crippen molar-refractivity contribution >= 4 is 28.2 Å². The van der Waals surface area contributed by atoms with E-state index in [1.807, 2.05) is 49.2 Å². The number of aryl methyl sites for hydroxylation is 3. The zero-order chi connectivity index (χ0) is 21.6. The Labute approximate surface area is 187 Å². The molecule has 0 radical (unpaired) electrons. The number of thiazole rings is 1. The number of piperidine rings is 1. The van der Waals surface area contributed by atoms with Gasteiger partial charge in [-0.15, -0.1) is 11.3 Å². The lowest BCUT2D eigenvalue weighted by atomic mass is 9.93. The first-order chi connectivity index (χ1) is 15.0. The molecule has 1 unspecified atom stereocenters. The van der Waals surface area contributed by atoms with Crippen molar-refractivity contribution in [2.75, 3.05) is 18.4 Å². The van der Waals surface area contributed by atoms with Crippen molar-refractivity contribution < 1.29 is 4.79 Å². The monoisotopic (exact) mass is 435 g/mol. The molecule has 7 heteroatoms. The Bertz CT molecular complexity index is 1020. The highest BCUT2D eigenvalue weighted by atomic mass is 32.1. The zero-order valence-electron chi connectivity index (χ0n) is 18.2. The third-order valence-corrected chi connectivity index (χ3v) is 6.42. The fourth-order valence-corrected chi connectivity index (χ4v) is 4.80. The van der Waals surface area contributed by atoms with Crippen molar-refractivity contribution in [1.29, 1.82) is 0 Å². The Balaban J connectivity index is 1.35. The van der Waals surface area contributed by atoms with Crippen LogP contribution in [0.2, 0.25) is 0 Å². The van der Waals surface area contributed by atoms with Crippen LogP contribution in [0.1, 0.15) is 41.2 Å². The van der Waals surface area contributed by atoms with Gasteiger partial charge in [-0.2, -0.15) is 0 Å². The van der Waals surface area contributed by atoms with Crippen LogP contribution in [0.4, 0.5) is 10.9 Å². The lowest BCUT2D eigenvalue weighted by Gasteiger charge is -2.33. The number of hydrogen-bond donors (Lipinski definition) is 1. The van der Waals surface area contributed by atoms with E-state index in [-0.39, 0.29) is 5.91 Å². The summed E-state index contributed by atoms with van der Waals surface area (Å²) in [6.45, 7) is 5.63. The van der Waals surface area contributed by atoms with E-state index in [2.05, 4.69) is 32.4 Å². The van der Waals surface area contributed by atoms with Crippen LogP contribution < -0.4 is 5.32 Å². The van der Waals surface area contributed by atoms with Gasteiger partial charge in [-0.3, -0.25) is 4.79 Å². The van der Waals surface area contributed by atoms with Gasteiger partial charge in [0.15, 0.2) is 5.13 Å². The summed E-state index contributed by atoms with van der Waals surface area (Å²) < 4.78 is 0. The zero-order valence-corrected chi connectivity index (χ0v) is 19.0. The second kappa shape index (κ2) is 10.0. The lowest BCUT2D eigenvalue weighted by molar-refractivity contribution is -0.133. The number of carbonyl (C=O) groups is 1. The highest BCUT2D eigenvalue weighted by Crippen LogP contribution is 2.24. The molecule has 6 nitrogen and oxygen atoms in total. The van der Waals surface area contributed by atoms with Crippen LogP contribution >= 0.6 is 11.3 Å². The number of rotatable bonds is 7. The van der Waals surface area contributed by atoms with Gasteiger partial charge >= 0.3 is 0 Å². The molecule has 3 aromatic rings. The molecule has 0 saturated carbocycles. The Kier molecular flexibility index (Phi) is 6.92. The SMILES string of the molecule is Cc1nc(CC2CCCN(C(=O)CCc3ccccc3)C2)cc(Nc2ncc(C)s2)n1. The van der Waals surface area contributed by atoms with Crippen LogP contribution in [-0.4, -0.2) is 38.8 Å². The molecule has 162 valence electrons. The molecule has 1 aliphatic heterocycles. The van der Waals surface area contributed by atoms with Crippen LogP contribution in [-0.2, 0) is 17.6 Å². The molecule has 1 amide bonds. The molecule has 1 fully saturated rings. The maximum Gasteiger partial charge on any atom is 0.222 e. The molecule has 1 N–H and O–H groups in total. The van der Waals surface area contributed by atoms with Crippen LogP contribution in [0.3, 0.4) is 0 Å². The number of nitrogens with one attached hydrogen (secondary N) is 1. The standard InChI is InChI=1S/C24H29N5OS/c1-17-15-25-24(31-17)28-22-14-21(26-18(2)27-22)13-20-9-6-12-29(16-20)23(30)11-10-19-7-4-3-5-8-19/h3-5,7-8,14-15,20H,6,9-13,16H2,1-2H3,(H,25,26,27,28). The van der Waals surface area contributed by atoms with Gasteiger partial charge < -0.3 is 10.2 Å². The molecule has 0 aliphatic carbocycles. The number of carbonyl (C=O) groups excluding carboxylic acids is 1. The smallest absolute Gasteiger partial charge is 0.222 e. The highest BCUT2D eigenvalue weighted by molar-refractivity contribution is 7.15.